The molecule has 0 heterocycles. The molecule has 0 radical (unpaired) electrons. The van der Waals surface area contributed by atoms with Crippen LogP contribution in [0.15, 0.2) is 22.7 Å². The van der Waals surface area contributed by atoms with E-state index in [0.29, 0.717) is 0 Å². The fraction of sp³-hybridized carbons (Fsp3) is 0.273. The highest BCUT2D eigenvalue weighted by Crippen LogP contribution is 2.33. The van der Waals surface area contributed by atoms with Gasteiger partial charge >= 0.3 is 18.2 Å². The van der Waals surface area contributed by atoms with E-state index in [1.807, 2.05) is 5.32 Å². The number of hydrogen-bond donors (Lipinski definition) is 4. The Hall–Kier alpha value is -1.81. The molecule has 10 heteroatoms. The molecule has 0 aliphatic rings. The van der Waals surface area contributed by atoms with Gasteiger partial charge < -0.3 is 20.8 Å². The van der Waals surface area contributed by atoms with Crippen LogP contribution < -0.4 is 10.6 Å². The van der Waals surface area contributed by atoms with Gasteiger partial charge in [0.1, 0.15) is 0 Å². The number of benzene rings is 1. The Morgan fingerprint density at radius 2 is 1.90 bits per heavy atom. The van der Waals surface area contributed by atoms with Gasteiger partial charge in [-0.25, -0.2) is 9.59 Å². The molecule has 0 saturated heterocycles. The Morgan fingerprint density at radius 3 is 2.43 bits per heavy atom. The molecule has 1 atom stereocenters. The molecule has 0 aromatic heterocycles. The van der Waals surface area contributed by atoms with Crippen molar-refractivity contribution in [1.29, 1.82) is 0 Å². The van der Waals surface area contributed by atoms with Gasteiger partial charge in [-0.3, -0.25) is 0 Å². The number of carboxylic acid groups (broad SMARTS) is 1. The number of halogens is 4. The zero-order valence-electron chi connectivity index (χ0n) is 10.2. The highest BCUT2D eigenvalue weighted by Gasteiger charge is 2.31. The standard InChI is InChI=1S/C11H10BrF3N2O4/c12-6-1-5(11(13,14)15)2-7(3-6)17-10(21)16-4-8(18)9(19)20/h1-3,8,18H,4H2,(H,19,20)(H2,16,17,21)/t8-/m0/s1. The van der Waals surface area contributed by atoms with Gasteiger partial charge in [-0.1, -0.05) is 15.9 Å². The first-order chi connectivity index (χ1) is 9.59. The molecular formula is C11H10BrF3N2O4. The van der Waals surface area contributed by atoms with Crippen molar-refractivity contribution in [2.75, 3.05) is 11.9 Å². The van der Waals surface area contributed by atoms with Crippen molar-refractivity contribution in [2.45, 2.75) is 12.3 Å². The topological polar surface area (TPSA) is 98.7 Å². The Bertz CT molecular complexity index is 551. The molecule has 6 nitrogen and oxygen atoms in total. The first-order valence-electron chi connectivity index (χ1n) is 5.43. The maximum Gasteiger partial charge on any atom is 0.416 e. The van der Waals surface area contributed by atoms with Gasteiger partial charge in [0.2, 0.25) is 0 Å². The lowest BCUT2D eigenvalue weighted by atomic mass is 10.2. The van der Waals surface area contributed by atoms with E-state index in [0.717, 1.165) is 12.1 Å². The Labute approximate surface area is 125 Å². The number of aliphatic carboxylic acids is 1. The quantitative estimate of drug-likeness (QED) is 0.651. The van der Waals surface area contributed by atoms with E-state index in [1.165, 1.54) is 6.07 Å². The van der Waals surface area contributed by atoms with Crippen molar-refractivity contribution < 1.29 is 33.0 Å². The summed E-state index contributed by atoms with van der Waals surface area (Å²) in [6.45, 7) is -0.582. The summed E-state index contributed by atoms with van der Waals surface area (Å²) in [4.78, 5) is 21.7. The van der Waals surface area contributed by atoms with E-state index < -0.39 is 36.4 Å². The fourth-order valence-corrected chi connectivity index (χ4v) is 1.77. The van der Waals surface area contributed by atoms with Crippen molar-refractivity contribution in [3.8, 4) is 0 Å². The van der Waals surface area contributed by atoms with Crippen LogP contribution in [0.5, 0.6) is 0 Å². The number of carbonyl (C=O) groups excluding carboxylic acids is 1. The predicted octanol–water partition coefficient (Wildman–Crippen LogP) is 2.03. The first-order valence-corrected chi connectivity index (χ1v) is 6.22. The van der Waals surface area contributed by atoms with Crippen LogP contribution in [0.1, 0.15) is 5.56 Å². The summed E-state index contributed by atoms with van der Waals surface area (Å²) in [5.41, 5.74) is -1.10. The summed E-state index contributed by atoms with van der Waals surface area (Å²) in [6, 6.07) is 1.86. The molecule has 2 amide bonds. The van der Waals surface area contributed by atoms with Crippen molar-refractivity contribution in [3.63, 3.8) is 0 Å². The molecule has 0 spiro atoms. The van der Waals surface area contributed by atoms with Crippen LogP contribution in [-0.4, -0.2) is 34.9 Å². The predicted molar refractivity (Wildman–Crippen MR) is 69.8 cm³/mol. The van der Waals surface area contributed by atoms with E-state index in [9.17, 15) is 22.8 Å². The van der Waals surface area contributed by atoms with Gasteiger partial charge in [0, 0.05) is 10.2 Å². The van der Waals surface area contributed by atoms with E-state index >= 15 is 0 Å². The van der Waals surface area contributed by atoms with Crippen LogP contribution in [0, 0.1) is 0 Å². The zero-order valence-corrected chi connectivity index (χ0v) is 11.8. The van der Waals surface area contributed by atoms with Gasteiger partial charge in [0.15, 0.2) is 6.10 Å². The number of urea groups is 1. The lowest BCUT2D eigenvalue weighted by molar-refractivity contribution is -0.146. The van der Waals surface area contributed by atoms with Gasteiger partial charge in [-0.05, 0) is 18.2 Å². The summed E-state index contributed by atoms with van der Waals surface area (Å²) in [5, 5.41) is 21.4. The molecule has 21 heavy (non-hydrogen) atoms. The number of aliphatic hydroxyl groups excluding tert-OH is 1. The summed E-state index contributed by atoms with van der Waals surface area (Å²) in [5.74, 6) is -1.53. The minimum Gasteiger partial charge on any atom is -0.479 e. The monoisotopic (exact) mass is 370 g/mol. The maximum absolute atomic E-state index is 12.6. The second kappa shape index (κ2) is 6.76. The minimum absolute atomic E-state index is 0.109. The van der Waals surface area contributed by atoms with E-state index in [1.54, 1.807) is 0 Å². The van der Waals surface area contributed by atoms with Crippen LogP contribution in [-0.2, 0) is 11.0 Å². The summed E-state index contributed by atoms with van der Waals surface area (Å²) in [7, 11) is 0. The molecule has 0 aliphatic heterocycles. The average molecular weight is 371 g/mol. The zero-order chi connectivity index (χ0) is 16.2. The van der Waals surface area contributed by atoms with Crippen LogP contribution in [0.4, 0.5) is 23.7 Å². The van der Waals surface area contributed by atoms with Crippen LogP contribution in [0.3, 0.4) is 0 Å². The van der Waals surface area contributed by atoms with Gasteiger partial charge in [0.05, 0.1) is 12.1 Å². The van der Waals surface area contributed by atoms with Gasteiger partial charge in [0.25, 0.3) is 0 Å². The number of hydrogen-bond acceptors (Lipinski definition) is 3. The number of alkyl halides is 3. The number of rotatable bonds is 4. The number of carboxylic acids is 1. The van der Waals surface area contributed by atoms with Crippen molar-refractivity contribution in [1.82, 2.24) is 5.32 Å². The van der Waals surface area contributed by atoms with Crippen molar-refractivity contribution in [3.05, 3.63) is 28.2 Å². The fourth-order valence-electron chi connectivity index (χ4n) is 1.28. The second-order valence-electron chi connectivity index (χ2n) is 3.92. The van der Waals surface area contributed by atoms with Crippen LogP contribution in [0.2, 0.25) is 0 Å². The highest BCUT2D eigenvalue weighted by atomic mass is 79.9. The van der Waals surface area contributed by atoms with Crippen molar-refractivity contribution in [2.24, 2.45) is 0 Å². The maximum atomic E-state index is 12.6. The van der Waals surface area contributed by atoms with Crippen molar-refractivity contribution >= 4 is 33.6 Å². The smallest absolute Gasteiger partial charge is 0.416 e. The lowest BCUT2D eigenvalue weighted by Crippen LogP contribution is -2.38. The molecule has 116 valence electrons. The molecule has 0 fully saturated rings. The lowest BCUT2D eigenvalue weighted by Gasteiger charge is -2.12. The third kappa shape index (κ3) is 5.60. The Kier molecular flexibility index (Phi) is 5.55. The summed E-state index contributed by atoms with van der Waals surface area (Å²) >= 11 is 2.89. The number of carbonyl (C=O) groups is 2. The number of amides is 2. The molecule has 0 aliphatic carbocycles. The van der Waals surface area contributed by atoms with Gasteiger partial charge in [-0.15, -0.1) is 0 Å². The summed E-state index contributed by atoms with van der Waals surface area (Å²) < 4.78 is 37.9. The second-order valence-corrected chi connectivity index (χ2v) is 4.83. The van der Waals surface area contributed by atoms with E-state index in [-0.39, 0.29) is 10.2 Å². The number of anilines is 1. The van der Waals surface area contributed by atoms with Gasteiger partial charge in [-0.2, -0.15) is 13.2 Å². The Balaban J connectivity index is 2.72. The molecule has 0 saturated carbocycles. The van der Waals surface area contributed by atoms with E-state index in [4.69, 9.17) is 10.2 Å². The molecule has 1 aromatic rings. The molecule has 0 unspecified atom stereocenters. The summed E-state index contributed by atoms with van der Waals surface area (Å²) in [6.07, 6.45) is -6.38. The Morgan fingerprint density at radius 1 is 1.29 bits per heavy atom. The first kappa shape index (κ1) is 17.2. The number of aliphatic hydroxyl groups is 1. The van der Waals surface area contributed by atoms with E-state index in [2.05, 4.69) is 21.2 Å². The minimum atomic E-state index is -4.57. The SMILES string of the molecule is O=C(NC[C@H](O)C(=O)O)Nc1cc(Br)cc(C(F)(F)F)c1. The molecule has 0 bridgehead atoms. The molecule has 4 N–H and O–H groups in total. The molecule has 1 rings (SSSR count). The number of nitrogens with one attached hydrogen (secondary N) is 2. The largest absolute Gasteiger partial charge is 0.479 e. The normalized spacial score (nSPS) is 12.6. The average Bonchev–Trinajstić information content (AvgIpc) is 2.33. The molecule has 1 aromatic carbocycles. The highest BCUT2D eigenvalue weighted by molar-refractivity contribution is 9.10. The molecular weight excluding hydrogens is 361 g/mol. The third-order valence-corrected chi connectivity index (χ3v) is 2.68. The van der Waals surface area contributed by atoms with Crippen LogP contribution in [0.25, 0.3) is 0 Å². The third-order valence-electron chi connectivity index (χ3n) is 2.22. The van der Waals surface area contributed by atoms with Crippen LogP contribution >= 0.6 is 15.9 Å².